The van der Waals surface area contributed by atoms with E-state index >= 15 is 0 Å². The van der Waals surface area contributed by atoms with Gasteiger partial charge in [-0.3, -0.25) is 0 Å². The summed E-state index contributed by atoms with van der Waals surface area (Å²) < 4.78 is 2.83. The van der Waals surface area contributed by atoms with Crippen LogP contribution in [0.25, 0.3) is 29.9 Å². The van der Waals surface area contributed by atoms with Crippen molar-refractivity contribution in [1.29, 1.82) is 0 Å². The third kappa shape index (κ3) is 1.18. The summed E-state index contributed by atoms with van der Waals surface area (Å²) >= 11 is 7.40. The lowest BCUT2D eigenvalue weighted by Crippen LogP contribution is -1.63. The Morgan fingerprint density at radius 3 is 1.62 bits per heavy atom. The first-order chi connectivity index (χ1) is 7.93. The van der Waals surface area contributed by atoms with Gasteiger partial charge in [-0.05, 0) is 22.9 Å². The van der Waals surface area contributed by atoms with E-state index in [9.17, 15) is 0 Å². The molecule has 0 amide bonds. The summed E-state index contributed by atoms with van der Waals surface area (Å²) in [6.45, 7) is 0. The van der Waals surface area contributed by atoms with E-state index in [1.807, 2.05) is 45.3 Å². The average Bonchev–Trinajstić information content (AvgIpc) is 2.97. The van der Waals surface area contributed by atoms with E-state index < -0.39 is 0 Å². The molecule has 0 atom stereocenters. The number of thiophene rings is 4. The third-order valence-electron chi connectivity index (χ3n) is 2.65. The first-order valence-electron chi connectivity index (χ1n) is 4.83. The summed E-state index contributed by atoms with van der Waals surface area (Å²) in [7, 11) is 0. The molecule has 0 aliphatic carbocycles. The Balaban J connectivity index is 2.11. The molecule has 0 spiro atoms. The van der Waals surface area contributed by atoms with Crippen molar-refractivity contribution >= 4 is 65.5 Å². The quantitative estimate of drug-likeness (QED) is 0.406. The zero-order valence-corrected chi connectivity index (χ0v) is 11.4. The van der Waals surface area contributed by atoms with Crippen molar-refractivity contribution < 1.29 is 0 Å². The van der Waals surface area contributed by atoms with Gasteiger partial charge >= 0.3 is 0 Å². The Morgan fingerprint density at radius 1 is 0.625 bits per heavy atom. The van der Waals surface area contributed by atoms with Gasteiger partial charge in [0.2, 0.25) is 0 Å². The molecule has 0 N–H and O–H groups in total. The lowest BCUT2D eigenvalue weighted by Gasteiger charge is -1.92. The van der Waals surface area contributed by atoms with Crippen molar-refractivity contribution in [3.8, 4) is 9.75 Å². The molecule has 4 rings (SSSR count). The molecular weight excluding hydrogens is 272 g/mol. The van der Waals surface area contributed by atoms with E-state index in [4.69, 9.17) is 0 Å². The van der Waals surface area contributed by atoms with Gasteiger partial charge in [-0.15, -0.1) is 45.3 Å². The van der Waals surface area contributed by atoms with E-state index in [-0.39, 0.29) is 0 Å². The zero-order valence-electron chi connectivity index (χ0n) is 8.10. The Hall–Kier alpha value is -0.680. The van der Waals surface area contributed by atoms with Crippen LogP contribution in [0.4, 0.5) is 0 Å². The molecular formula is C12H6S4. The second kappa shape index (κ2) is 3.40. The van der Waals surface area contributed by atoms with Crippen molar-refractivity contribution in [2.75, 3.05) is 0 Å². The molecule has 0 radical (unpaired) electrons. The van der Waals surface area contributed by atoms with Gasteiger partial charge in [0.1, 0.15) is 0 Å². The number of rotatable bonds is 1. The molecule has 4 aromatic rings. The van der Waals surface area contributed by atoms with E-state index in [1.165, 1.54) is 29.9 Å². The van der Waals surface area contributed by atoms with E-state index in [1.54, 1.807) is 0 Å². The van der Waals surface area contributed by atoms with Crippen LogP contribution in [-0.2, 0) is 0 Å². The van der Waals surface area contributed by atoms with Crippen molar-refractivity contribution in [3.05, 3.63) is 33.7 Å². The molecule has 4 aromatic heterocycles. The van der Waals surface area contributed by atoms with Crippen LogP contribution in [0.3, 0.4) is 0 Å². The fourth-order valence-corrected chi connectivity index (χ4v) is 6.10. The minimum absolute atomic E-state index is 1.41. The van der Waals surface area contributed by atoms with Gasteiger partial charge in [0.25, 0.3) is 0 Å². The lowest BCUT2D eigenvalue weighted by atomic mass is 10.2. The highest BCUT2D eigenvalue weighted by Crippen LogP contribution is 2.44. The highest BCUT2D eigenvalue weighted by Gasteiger charge is 2.12. The third-order valence-corrected chi connectivity index (χ3v) is 6.84. The first kappa shape index (κ1) is 9.36. The zero-order chi connectivity index (χ0) is 10.5. The van der Waals surface area contributed by atoms with Crippen molar-refractivity contribution in [2.45, 2.75) is 0 Å². The van der Waals surface area contributed by atoms with Crippen LogP contribution in [0.5, 0.6) is 0 Å². The summed E-state index contributed by atoms with van der Waals surface area (Å²) in [6, 6.07) is 4.48. The first-order valence-corrected chi connectivity index (χ1v) is 8.35. The molecule has 0 aliphatic heterocycles. The minimum Gasteiger partial charge on any atom is -0.143 e. The smallest absolute Gasteiger partial charge is 0.0536 e. The van der Waals surface area contributed by atoms with Gasteiger partial charge in [-0.2, -0.15) is 0 Å². The molecule has 0 saturated carbocycles. The SMILES string of the molecule is c1cc2c(-c3scc4sccc34)scc2s1. The Labute approximate surface area is 108 Å². The van der Waals surface area contributed by atoms with Gasteiger partial charge in [-0.25, -0.2) is 0 Å². The predicted octanol–water partition coefficient (Wildman–Crippen LogP) is 5.91. The molecule has 78 valence electrons. The highest BCUT2D eigenvalue weighted by atomic mass is 32.1. The fraction of sp³-hybridized carbons (Fsp3) is 0. The van der Waals surface area contributed by atoms with Crippen molar-refractivity contribution in [2.24, 2.45) is 0 Å². The molecule has 4 heterocycles. The second-order valence-corrected chi connectivity index (χ2v) is 7.18. The molecule has 0 aliphatic rings. The van der Waals surface area contributed by atoms with Gasteiger partial charge in [0.15, 0.2) is 0 Å². The topological polar surface area (TPSA) is 0 Å². The van der Waals surface area contributed by atoms with Crippen molar-refractivity contribution in [3.63, 3.8) is 0 Å². The summed E-state index contributed by atoms with van der Waals surface area (Å²) in [4.78, 5) is 2.88. The molecule has 16 heavy (non-hydrogen) atoms. The summed E-state index contributed by atoms with van der Waals surface area (Å²) in [6.07, 6.45) is 0. The molecule has 0 aromatic carbocycles. The maximum atomic E-state index is 2.27. The Morgan fingerprint density at radius 2 is 1.12 bits per heavy atom. The van der Waals surface area contributed by atoms with Gasteiger partial charge in [0, 0.05) is 30.9 Å². The molecule has 4 heteroatoms. The lowest BCUT2D eigenvalue weighted by molar-refractivity contribution is 2.09. The van der Waals surface area contributed by atoms with Gasteiger partial charge in [-0.1, -0.05) is 0 Å². The second-order valence-electron chi connectivity index (χ2n) is 3.53. The minimum atomic E-state index is 1.41. The van der Waals surface area contributed by atoms with E-state index in [0.29, 0.717) is 0 Å². The number of hydrogen-bond donors (Lipinski definition) is 0. The monoisotopic (exact) mass is 278 g/mol. The molecule has 0 bridgehead atoms. The van der Waals surface area contributed by atoms with Gasteiger partial charge in [0.05, 0.1) is 9.75 Å². The molecule has 0 fully saturated rings. The standard InChI is InChI=1S/C12H6S4/c1-3-13-9-5-15-11(7(1)9)12-8-2-4-14-10(8)6-16-12/h1-6H. The van der Waals surface area contributed by atoms with Crippen molar-refractivity contribution in [1.82, 2.24) is 0 Å². The fourth-order valence-electron chi connectivity index (χ4n) is 1.90. The van der Waals surface area contributed by atoms with Crippen LogP contribution in [-0.4, -0.2) is 0 Å². The van der Waals surface area contributed by atoms with Crippen LogP contribution in [0.2, 0.25) is 0 Å². The Bertz CT molecular complexity index is 698. The molecule has 0 unspecified atom stereocenters. The van der Waals surface area contributed by atoms with Crippen LogP contribution in [0, 0.1) is 0 Å². The van der Waals surface area contributed by atoms with Crippen LogP contribution in [0.1, 0.15) is 0 Å². The maximum absolute atomic E-state index is 2.27. The normalized spacial score (nSPS) is 11.8. The van der Waals surface area contributed by atoms with E-state index in [2.05, 4.69) is 33.7 Å². The number of hydrogen-bond acceptors (Lipinski definition) is 4. The van der Waals surface area contributed by atoms with Gasteiger partial charge < -0.3 is 0 Å². The maximum Gasteiger partial charge on any atom is 0.0536 e. The number of fused-ring (bicyclic) bond motifs is 2. The largest absolute Gasteiger partial charge is 0.143 e. The van der Waals surface area contributed by atoms with Crippen LogP contribution in [0.15, 0.2) is 33.7 Å². The highest BCUT2D eigenvalue weighted by molar-refractivity contribution is 7.28. The summed E-state index contributed by atoms with van der Waals surface area (Å²) in [5, 5.41) is 11.7. The average molecular weight is 278 g/mol. The van der Waals surface area contributed by atoms with Crippen LogP contribution < -0.4 is 0 Å². The summed E-state index contributed by atoms with van der Waals surface area (Å²) in [5.74, 6) is 0. The predicted molar refractivity (Wildman–Crippen MR) is 78.4 cm³/mol. The molecule has 0 nitrogen and oxygen atoms in total. The van der Waals surface area contributed by atoms with Crippen LogP contribution >= 0.6 is 45.3 Å². The van der Waals surface area contributed by atoms with E-state index in [0.717, 1.165) is 0 Å². The molecule has 0 saturated heterocycles. The summed E-state index contributed by atoms with van der Waals surface area (Å²) in [5.41, 5.74) is 0. The Kier molecular flexibility index (Phi) is 1.99.